The normalized spacial score (nSPS) is 13.2. The molecule has 2 N–H and O–H groups in total. The molecule has 2 atom stereocenters. The van der Waals surface area contributed by atoms with Crippen LogP contribution >= 0.6 is 11.6 Å². The third kappa shape index (κ3) is 5.94. The molecule has 0 heterocycles. The van der Waals surface area contributed by atoms with Crippen LogP contribution in [0.3, 0.4) is 0 Å². The summed E-state index contributed by atoms with van der Waals surface area (Å²) in [5.41, 5.74) is 1.09. The molecule has 1 unspecified atom stereocenters. The lowest BCUT2D eigenvalue weighted by atomic mass is 10.2. The topological polar surface area (TPSA) is 111 Å². The molecule has 162 valence electrons. The van der Waals surface area contributed by atoms with E-state index in [2.05, 4.69) is 10.0 Å². The van der Waals surface area contributed by atoms with Gasteiger partial charge < -0.3 is 14.8 Å². The van der Waals surface area contributed by atoms with Crippen molar-refractivity contribution in [3.63, 3.8) is 0 Å². The van der Waals surface area contributed by atoms with Gasteiger partial charge in [0.05, 0.1) is 17.7 Å². The van der Waals surface area contributed by atoms with Crippen LogP contribution in [-0.2, 0) is 24.3 Å². The molecule has 10 heteroatoms. The van der Waals surface area contributed by atoms with Crippen LogP contribution in [0.4, 0.5) is 5.69 Å². The molecular weight excluding hydrogens is 432 g/mol. The van der Waals surface area contributed by atoms with Crippen LogP contribution in [0.5, 0.6) is 5.75 Å². The third-order valence-electron chi connectivity index (χ3n) is 4.14. The van der Waals surface area contributed by atoms with Gasteiger partial charge in [0.15, 0.2) is 6.10 Å². The van der Waals surface area contributed by atoms with Crippen LogP contribution in [0, 0.1) is 6.92 Å². The minimum absolute atomic E-state index is 0.0145. The fourth-order valence-corrected chi connectivity index (χ4v) is 3.81. The Morgan fingerprint density at radius 3 is 2.33 bits per heavy atom. The van der Waals surface area contributed by atoms with Gasteiger partial charge in [-0.3, -0.25) is 9.59 Å². The zero-order valence-electron chi connectivity index (χ0n) is 16.9. The van der Waals surface area contributed by atoms with Crippen LogP contribution in [-0.4, -0.2) is 39.5 Å². The molecule has 0 radical (unpaired) electrons. The number of hydrogen-bond donors (Lipinski definition) is 2. The number of carbonyl (C=O) groups excluding carboxylic acids is 2. The summed E-state index contributed by atoms with van der Waals surface area (Å²) in [6.07, 6.45) is -1.18. The van der Waals surface area contributed by atoms with Crippen LogP contribution < -0.4 is 14.8 Å². The van der Waals surface area contributed by atoms with Gasteiger partial charge in [-0.25, -0.2) is 8.42 Å². The summed E-state index contributed by atoms with van der Waals surface area (Å²) < 4.78 is 37.2. The van der Waals surface area contributed by atoms with Gasteiger partial charge in [-0.1, -0.05) is 29.8 Å². The molecule has 0 saturated heterocycles. The highest BCUT2D eigenvalue weighted by atomic mass is 35.5. The number of esters is 1. The van der Waals surface area contributed by atoms with E-state index < -0.39 is 34.0 Å². The van der Waals surface area contributed by atoms with Gasteiger partial charge >= 0.3 is 5.97 Å². The summed E-state index contributed by atoms with van der Waals surface area (Å²) in [5, 5.41) is 3.08. The van der Waals surface area contributed by atoms with E-state index in [9.17, 15) is 18.0 Å². The molecule has 0 aromatic heterocycles. The maximum absolute atomic E-state index is 12.4. The summed E-state index contributed by atoms with van der Waals surface area (Å²) in [6, 6.07) is 9.60. The SMILES string of the molecule is COc1cc(Cl)c(C)cc1NC(=O)C(C)OC(=O)[C@H](C)NS(=O)(=O)c1ccccc1. The summed E-state index contributed by atoms with van der Waals surface area (Å²) in [6.45, 7) is 4.47. The molecule has 0 bridgehead atoms. The van der Waals surface area contributed by atoms with Crippen molar-refractivity contribution in [2.24, 2.45) is 0 Å². The van der Waals surface area contributed by atoms with E-state index in [4.69, 9.17) is 21.1 Å². The van der Waals surface area contributed by atoms with Gasteiger partial charge in [-0.15, -0.1) is 0 Å². The van der Waals surface area contributed by atoms with Crippen molar-refractivity contribution < 1.29 is 27.5 Å². The molecule has 0 spiro atoms. The number of methoxy groups -OCH3 is 1. The number of benzene rings is 2. The molecule has 0 aliphatic rings. The Morgan fingerprint density at radius 2 is 1.73 bits per heavy atom. The van der Waals surface area contributed by atoms with Crippen molar-refractivity contribution in [2.45, 2.75) is 37.8 Å². The van der Waals surface area contributed by atoms with E-state index in [1.54, 1.807) is 37.3 Å². The highest BCUT2D eigenvalue weighted by Gasteiger charge is 2.26. The van der Waals surface area contributed by atoms with Gasteiger partial charge in [0.25, 0.3) is 5.91 Å². The molecule has 1 amide bonds. The van der Waals surface area contributed by atoms with Crippen molar-refractivity contribution in [2.75, 3.05) is 12.4 Å². The second-order valence-electron chi connectivity index (χ2n) is 6.53. The summed E-state index contributed by atoms with van der Waals surface area (Å²) in [7, 11) is -2.48. The standard InChI is InChI=1S/C20H23ClN2O6S/c1-12-10-17(18(28-4)11-16(12)21)22-19(24)14(3)29-20(25)13(2)23-30(26,27)15-8-6-5-7-9-15/h5-11,13-14,23H,1-4H3,(H,22,24)/t13-,14?/m0/s1. The number of carbonyl (C=O) groups is 2. The molecule has 8 nitrogen and oxygen atoms in total. The van der Waals surface area contributed by atoms with E-state index in [1.807, 2.05) is 0 Å². The van der Waals surface area contributed by atoms with Crippen molar-refractivity contribution in [1.29, 1.82) is 0 Å². The largest absolute Gasteiger partial charge is 0.495 e. The molecule has 2 aromatic rings. The van der Waals surface area contributed by atoms with E-state index in [-0.39, 0.29) is 4.90 Å². The number of aryl methyl sites for hydroxylation is 1. The van der Waals surface area contributed by atoms with Crippen LogP contribution in [0.1, 0.15) is 19.4 Å². The van der Waals surface area contributed by atoms with E-state index in [0.29, 0.717) is 16.5 Å². The predicted octanol–water partition coefficient (Wildman–Crippen LogP) is 2.89. The minimum Gasteiger partial charge on any atom is -0.495 e. The van der Waals surface area contributed by atoms with Gasteiger partial charge in [0.2, 0.25) is 10.0 Å². The fraction of sp³-hybridized carbons (Fsp3) is 0.300. The molecule has 0 aliphatic carbocycles. The van der Waals surface area contributed by atoms with E-state index in [1.165, 1.54) is 33.1 Å². The van der Waals surface area contributed by atoms with E-state index >= 15 is 0 Å². The summed E-state index contributed by atoms with van der Waals surface area (Å²) in [4.78, 5) is 24.7. The minimum atomic E-state index is -3.91. The van der Waals surface area contributed by atoms with Crippen LogP contribution in [0.15, 0.2) is 47.4 Å². The molecule has 2 aromatic carbocycles. The molecule has 0 aliphatic heterocycles. The van der Waals surface area contributed by atoms with Gasteiger partial charge in [-0.05, 0) is 44.5 Å². The van der Waals surface area contributed by atoms with Crippen molar-refractivity contribution in [3.8, 4) is 5.75 Å². The van der Waals surface area contributed by atoms with E-state index in [0.717, 1.165) is 5.56 Å². The average Bonchev–Trinajstić information content (AvgIpc) is 2.70. The van der Waals surface area contributed by atoms with Gasteiger partial charge in [0.1, 0.15) is 11.8 Å². The zero-order chi connectivity index (χ0) is 22.5. The smallest absolute Gasteiger partial charge is 0.324 e. The average molecular weight is 455 g/mol. The first-order chi connectivity index (χ1) is 14.0. The number of nitrogens with one attached hydrogen (secondary N) is 2. The van der Waals surface area contributed by atoms with Crippen LogP contribution in [0.2, 0.25) is 5.02 Å². The number of ether oxygens (including phenoxy) is 2. The van der Waals surface area contributed by atoms with Crippen LogP contribution in [0.25, 0.3) is 0 Å². The maximum atomic E-state index is 12.4. The summed E-state index contributed by atoms with van der Waals surface area (Å²) >= 11 is 6.05. The van der Waals surface area contributed by atoms with Crippen molar-refractivity contribution >= 4 is 39.2 Å². The zero-order valence-corrected chi connectivity index (χ0v) is 18.5. The monoisotopic (exact) mass is 454 g/mol. The Kier molecular flexibility index (Phi) is 7.83. The number of hydrogen-bond acceptors (Lipinski definition) is 6. The molecule has 0 saturated carbocycles. The first kappa shape index (κ1) is 23.7. The Balaban J connectivity index is 2.01. The number of anilines is 1. The molecule has 2 rings (SSSR count). The lowest BCUT2D eigenvalue weighted by molar-refractivity contribution is -0.154. The van der Waals surface area contributed by atoms with Gasteiger partial charge in [-0.2, -0.15) is 4.72 Å². The fourth-order valence-electron chi connectivity index (χ4n) is 2.44. The van der Waals surface area contributed by atoms with Crippen molar-refractivity contribution in [3.05, 3.63) is 53.1 Å². The quantitative estimate of drug-likeness (QED) is 0.593. The Bertz CT molecular complexity index is 1030. The lowest BCUT2D eigenvalue weighted by Gasteiger charge is -2.18. The molecule has 30 heavy (non-hydrogen) atoms. The number of amides is 1. The molecule has 0 fully saturated rings. The highest BCUT2D eigenvalue weighted by molar-refractivity contribution is 7.89. The number of rotatable bonds is 8. The first-order valence-corrected chi connectivity index (χ1v) is 10.8. The predicted molar refractivity (Wildman–Crippen MR) is 113 cm³/mol. The number of sulfonamides is 1. The second kappa shape index (κ2) is 9.92. The Labute approximate surface area is 180 Å². The summed E-state index contributed by atoms with van der Waals surface area (Å²) in [5.74, 6) is -1.15. The second-order valence-corrected chi connectivity index (χ2v) is 8.65. The Hall–Kier alpha value is -2.62. The Morgan fingerprint density at radius 1 is 1.10 bits per heavy atom. The van der Waals surface area contributed by atoms with Gasteiger partial charge in [0, 0.05) is 11.1 Å². The first-order valence-electron chi connectivity index (χ1n) is 8.98. The highest BCUT2D eigenvalue weighted by Crippen LogP contribution is 2.31. The van der Waals surface area contributed by atoms with Crippen molar-refractivity contribution in [1.82, 2.24) is 4.72 Å². The maximum Gasteiger partial charge on any atom is 0.324 e. The lowest BCUT2D eigenvalue weighted by Crippen LogP contribution is -2.42. The molecular formula is C20H23ClN2O6S. The number of halogens is 1. The third-order valence-corrected chi connectivity index (χ3v) is 6.10.